The zero-order valence-electron chi connectivity index (χ0n) is 10.9. The van der Waals surface area contributed by atoms with E-state index >= 15 is 0 Å². The van der Waals surface area contributed by atoms with E-state index in [1.165, 1.54) is 0 Å². The van der Waals surface area contributed by atoms with Crippen LogP contribution >= 0.6 is 0 Å². The van der Waals surface area contributed by atoms with Crippen LogP contribution in [0.3, 0.4) is 0 Å². The first-order valence-electron chi connectivity index (χ1n) is 6.33. The van der Waals surface area contributed by atoms with Crippen molar-refractivity contribution in [3.05, 3.63) is 23.3 Å². The number of carbonyl (C=O) groups excluding carboxylic acids is 1. The first-order valence-corrected chi connectivity index (χ1v) is 6.33. The van der Waals surface area contributed by atoms with Gasteiger partial charge in [-0.25, -0.2) is 0 Å². The maximum Gasteiger partial charge on any atom is 0.244 e. The van der Waals surface area contributed by atoms with E-state index in [2.05, 4.69) is 5.32 Å². The van der Waals surface area contributed by atoms with Gasteiger partial charge < -0.3 is 16.2 Å². The van der Waals surface area contributed by atoms with Crippen molar-refractivity contribution in [2.75, 3.05) is 5.32 Å². The molecule has 4 N–H and O–H groups in total. The molecule has 0 atom stereocenters. The monoisotopic (exact) mass is 248 g/mol. The van der Waals surface area contributed by atoms with Gasteiger partial charge in [-0.15, -0.1) is 0 Å². The number of anilines is 1. The van der Waals surface area contributed by atoms with E-state index in [0.29, 0.717) is 0 Å². The number of phenolic OH excluding ortho intramolecular Hbond substituents is 1. The lowest BCUT2D eigenvalue weighted by Gasteiger charge is -2.23. The highest BCUT2D eigenvalue weighted by Gasteiger charge is 2.37. The molecule has 0 bridgehead atoms. The number of amides is 1. The van der Waals surface area contributed by atoms with Crippen molar-refractivity contribution in [2.45, 2.75) is 45.1 Å². The Hall–Kier alpha value is -1.55. The van der Waals surface area contributed by atoms with Crippen molar-refractivity contribution in [3.63, 3.8) is 0 Å². The van der Waals surface area contributed by atoms with Crippen molar-refractivity contribution in [1.29, 1.82) is 0 Å². The molecule has 0 heterocycles. The molecule has 1 amide bonds. The van der Waals surface area contributed by atoms with Gasteiger partial charge in [0.25, 0.3) is 0 Å². The molecule has 0 saturated heterocycles. The number of phenols is 1. The molecule has 1 aliphatic carbocycles. The molecule has 1 aromatic rings. The highest BCUT2D eigenvalue weighted by atomic mass is 16.3. The third kappa shape index (κ3) is 2.34. The minimum Gasteiger partial charge on any atom is -0.508 e. The van der Waals surface area contributed by atoms with Crippen molar-refractivity contribution < 1.29 is 9.90 Å². The maximum absolute atomic E-state index is 12.2. The number of carbonyl (C=O) groups is 1. The number of aryl methyl sites for hydroxylation is 2. The van der Waals surface area contributed by atoms with E-state index in [-0.39, 0.29) is 11.7 Å². The molecule has 4 nitrogen and oxygen atoms in total. The number of nitrogens with two attached hydrogens (primary N) is 1. The molecule has 98 valence electrons. The van der Waals surface area contributed by atoms with Crippen molar-refractivity contribution in [3.8, 4) is 5.75 Å². The maximum atomic E-state index is 12.2. The quantitative estimate of drug-likeness (QED) is 0.702. The Bertz CT molecular complexity index is 477. The lowest BCUT2D eigenvalue weighted by molar-refractivity contribution is -0.121. The van der Waals surface area contributed by atoms with Crippen molar-refractivity contribution in [2.24, 2.45) is 5.73 Å². The third-order valence-corrected chi connectivity index (χ3v) is 3.74. The fourth-order valence-electron chi connectivity index (χ4n) is 2.42. The van der Waals surface area contributed by atoms with E-state index in [9.17, 15) is 9.90 Å². The van der Waals surface area contributed by atoms with E-state index in [1.54, 1.807) is 19.1 Å². The fraction of sp³-hybridized carbons (Fsp3) is 0.500. The van der Waals surface area contributed by atoms with Gasteiger partial charge in [-0.1, -0.05) is 12.8 Å². The summed E-state index contributed by atoms with van der Waals surface area (Å²) in [6.07, 6.45) is 3.51. The largest absolute Gasteiger partial charge is 0.508 e. The molecule has 0 unspecified atom stereocenters. The minimum absolute atomic E-state index is 0.117. The molecular formula is C14H20N2O2. The summed E-state index contributed by atoms with van der Waals surface area (Å²) in [7, 11) is 0. The van der Waals surface area contributed by atoms with Crippen LogP contribution in [-0.2, 0) is 4.79 Å². The van der Waals surface area contributed by atoms with Gasteiger partial charge in [0.15, 0.2) is 0 Å². The molecular weight excluding hydrogens is 228 g/mol. The normalized spacial score (nSPS) is 17.7. The van der Waals surface area contributed by atoms with E-state index in [4.69, 9.17) is 5.73 Å². The van der Waals surface area contributed by atoms with Crippen LogP contribution in [0, 0.1) is 13.8 Å². The standard InChI is InChI=1S/C14H20N2O2/c1-9-8-12(17)10(2)7-11(9)16-13(18)14(15)5-3-4-6-14/h7-8,17H,3-6,15H2,1-2H3,(H,16,18). The molecule has 0 aliphatic heterocycles. The van der Waals surface area contributed by atoms with Crippen molar-refractivity contribution >= 4 is 11.6 Å². The number of aromatic hydroxyl groups is 1. The van der Waals surface area contributed by atoms with Gasteiger partial charge in [0, 0.05) is 5.69 Å². The van der Waals surface area contributed by atoms with Crippen molar-refractivity contribution in [1.82, 2.24) is 0 Å². The number of hydrogen-bond donors (Lipinski definition) is 3. The summed E-state index contributed by atoms with van der Waals surface area (Å²) in [5, 5.41) is 12.5. The van der Waals surface area contributed by atoms with Gasteiger partial charge in [-0.3, -0.25) is 4.79 Å². The highest BCUT2D eigenvalue weighted by molar-refractivity contribution is 5.98. The van der Waals surface area contributed by atoms with Crippen LogP contribution in [0.2, 0.25) is 0 Å². The van der Waals surface area contributed by atoms with Gasteiger partial charge in [0.1, 0.15) is 5.75 Å². The number of nitrogens with one attached hydrogen (secondary N) is 1. The zero-order chi connectivity index (χ0) is 13.3. The Kier molecular flexibility index (Phi) is 3.30. The predicted molar refractivity (Wildman–Crippen MR) is 71.6 cm³/mol. The molecule has 1 saturated carbocycles. The average molecular weight is 248 g/mol. The summed E-state index contributed by atoms with van der Waals surface area (Å²) in [5.74, 6) is 0.127. The average Bonchev–Trinajstić information content (AvgIpc) is 2.74. The molecule has 0 radical (unpaired) electrons. The summed E-state index contributed by atoms with van der Waals surface area (Å²) < 4.78 is 0. The first kappa shape index (κ1) is 12.9. The SMILES string of the molecule is Cc1cc(NC(=O)C2(N)CCCC2)c(C)cc1O. The topological polar surface area (TPSA) is 75.4 Å². The second kappa shape index (κ2) is 4.61. The molecule has 4 heteroatoms. The van der Waals surface area contributed by atoms with E-state index in [0.717, 1.165) is 42.5 Å². The summed E-state index contributed by atoms with van der Waals surface area (Å²) >= 11 is 0. The van der Waals surface area contributed by atoms with Gasteiger partial charge in [0.2, 0.25) is 5.91 Å². The van der Waals surface area contributed by atoms with Crippen LogP contribution in [-0.4, -0.2) is 16.6 Å². The second-order valence-corrected chi connectivity index (χ2v) is 5.27. The number of hydrogen-bond acceptors (Lipinski definition) is 3. The smallest absolute Gasteiger partial charge is 0.244 e. The van der Waals surface area contributed by atoms with Crippen LogP contribution in [0.25, 0.3) is 0 Å². The Morgan fingerprint density at radius 1 is 1.28 bits per heavy atom. The molecule has 1 fully saturated rings. The molecule has 0 aromatic heterocycles. The Labute approximate surface area is 107 Å². The lowest BCUT2D eigenvalue weighted by Crippen LogP contribution is -2.48. The number of benzene rings is 1. The van der Waals surface area contributed by atoms with Gasteiger partial charge in [0.05, 0.1) is 5.54 Å². The lowest BCUT2D eigenvalue weighted by atomic mass is 9.97. The number of rotatable bonds is 2. The summed E-state index contributed by atoms with van der Waals surface area (Å²) in [5.41, 5.74) is 7.70. The molecule has 2 rings (SSSR count). The predicted octanol–water partition coefficient (Wildman–Crippen LogP) is 2.22. The van der Waals surface area contributed by atoms with Gasteiger partial charge in [-0.2, -0.15) is 0 Å². The van der Waals surface area contributed by atoms with Crippen LogP contribution in [0.1, 0.15) is 36.8 Å². The van der Waals surface area contributed by atoms with Gasteiger partial charge >= 0.3 is 0 Å². The highest BCUT2D eigenvalue weighted by Crippen LogP contribution is 2.30. The van der Waals surface area contributed by atoms with E-state index < -0.39 is 5.54 Å². The van der Waals surface area contributed by atoms with E-state index in [1.807, 2.05) is 6.92 Å². The summed E-state index contributed by atoms with van der Waals surface area (Å²) in [6.45, 7) is 3.66. The fourth-order valence-corrected chi connectivity index (χ4v) is 2.42. The van der Waals surface area contributed by atoms with Crippen LogP contribution in [0.4, 0.5) is 5.69 Å². The summed E-state index contributed by atoms with van der Waals surface area (Å²) in [4.78, 5) is 12.2. The van der Waals surface area contributed by atoms with Gasteiger partial charge in [-0.05, 0) is 49.9 Å². The van der Waals surface area contributed by atoms with Crippen LogP contribution in [0.15, 0.2) is 12.1 Å². The molecule has 1 aromatic carbocycles. The third-order valence-electron chi connectivity index (χ3n) is 3.74. The second-order valence-electron chi connectivity index (χ2n) is 5.27. The molecule has 18 heavy (non-hydrogen) atoms. The minimum atomic E-state index is -0.724. The Balaban J connectivity index is 2.19. The van der Waals surface area contributed by atoms with Crippen LogP contribution in [0.5, 0.6) is 5.75 Å². The molecule has 1 aliphatic rings. The Morgan fingerprint density at radius 2 is 1.89 bits per heavy atom. The zero-order valence-corrected chi connectivity index (χ0v) is 10.9. The summed E-state index contributed by atoms with van der Waals surface area (Å²) in [6, 6.07) is 3.43. The first-order chi connectivity index (χ1) is 8.42. The van der Waals surface area contributed by atoms with Crippen LogP contribution < -0.4 is 11.1 Å². The Morgan fingerprint density at radius 3 is 2.50 bits per heavy atom. The molecule has 0 spiro atoms.